The minimum atomic E-state index is -0.157. The summed E-state index contributed by atoms with van der Waals surface area (Å²) in [6, 6.07) is 7.84. The van der Waals surface area contributed by atoms with Crippen molar-refractivity contribution >= 4 is 5.78 Å². The van der Waals surface area contributed by atoms with Crippen molar-refractivity contribution in [2.75, 3.05) is 20.2 Å². The van der Waals surface area contributed by atoms with Gasteiger partial charge in [-0.25, -0.2) is 0 Å². The standard InChI is InChI=1S/C17H25NO2/c1-3-8-17(9-5-10-18-13-17)16(19)12-14-6-4-7-15(11-14)20-2/h4,6-7,11,18H,3,5,8-10,12-13H2,1-2H3. The molecule has 1 atom stereocenters. The molecule has 0 spiro atoms. The van der Waals surface area contributed by atoms with Crippen LogP contribution in [0.4, 0.5) is 0 Å². The number of ketones is 1. The van der Waals surface area contributed by atoms with Crippen molar-refractivity contribution in [2.24, 2.45) is 5.41 Å². The van der Waals surface area contributed by atoms with E-state index in [1.54, 1.807) is 7.11 Å². The first-order valence-corrected chi connectivity index (χ1v) is 7.57. The number of piperidine rings is 1. The number of methoxy groups -OCH3 is 1. The van der Waals surface area contributed by atoms with Gasteiger partial charge in [0.2, 0.25) is 0 Å². The molecule has 3 heteroatoms. The Morgan fingerprint density at radius 1 is 1.45 bits per heavy atom. The van der Waals surface area contributed by atoms with Crippen LogP contribution in [0.1, 0.15) is 38.2 Å². The molecule has 0 saturated carbocycles. The average Bonchev–Trinajstić information content (AvgIpc) is 2.48. The molecule has 0 radical (unpaired) electrons. The summed E-state index contributed by atoms with van der Waals surface area (Å²) in [7, 11) is 1.66. The van der Waals surface area contributed by atoms with Gasteiger partial charge in [0.25, 0.3) is 0 Å². The van der Waals surface area contributed by atoms with Crippen molar-refractivity contribution in [3.05, 3.63) is 29.8 Å². The number of benzene rings is 1. The molecule has 110 valence electrons. The Bertz CT molecular complexity index is 445. The van der Waals surface area contributed by atoms with Crippen LogP contribution in [-0.4, -0.2) is 26.0 Å². The molecule has 1 aliphatic heterocycles. The molecule has 1 saturated heterocycles. The van der Waals surface area contributed by atoms with Gasteiger partial charge in [-0.3, -0.25) is 4.79 Å². The summed E-state index contributed by atoms with van der Waals surface area (Å²) in [6.07, 6.45) is 4.69. The lowest BCUT2D eigenvalue weighted by Crippen LogP contribution is -2.46. The zero-order valence-electron chi connectivity index (χ0n) is 12.6. The largest absolute Gasteiger partial charge is 0.497 e. The molecule has 1 N–H and O–H groups in total. The van der Waals surface area contributed by atoms with Crippen LogP contribution < -0.4 is 10.1 Å². The van der Waals surface area contributed by atoms with Crippen molar-refractivity contribution in [1.82, 2.24) is 5.32 Å². The van der Waals surface area contributed by atoms with Crippen LogP contribution in [0.5, 0.6) is 5.75 Å². The van der Waals surface area contributed by atoms with Crippen molar-refractivity contribution in [1.29, 1.82) is 0 Å². The quantitative estimate of drug-likeness (QED) is 0.867. The number of nitrogens with one attached hydrogen (secondary N) is 1. The molecule has 0 aromatic heterocycles. The third-order valence-electron chi connectivity index (χ3n) is 4.29. The summed E-state index contributed by atoms with van der Waals surface area (Å²) < 4.78 is 5.23. The van der Waals surface area contributed by atoms with Crippen LogP contribution in [0.2, 0.25) is 0 Å². The van der Waals surface area contributed by atoms with Crippen LogP contribution in [-0.2, 0) is 11.2 Å². The molecule has 0 bridgehead atoms. The minimum absolute atomic E-state index is 0.157. The third kappa shape index (κ3) is 3.40. The van der Waals surface area contributed by atoms with Gasteiger partial charge >= 0.3 is 0 Å². The molecule has 1 aliphatic rings. The summed E-state index contributed by atoms with van der Waals surface area (Å²) in [4.78, 5) is 12.8. The van der Waals surface area contributed by atoms with Crippen molar-refractivity contribution in [3.8, 4) is 5.75 Å². The Balaban J connectivity index is 2.11. The second-order valence-corrected chi connectivity index (χ2v) is 5.76. The first-order valence-electron chi connectivity index (χ1n) is 7.57. The van der Waals surface area contributed by atoms with Crippen LogP contribution >= 0.6 is 0 Å². The minimum Gasteiger partial charge on any atom is -0.497 e. The monoisotopic (exact) mass is 275 g/mol. The fraction of sp³-hybridized carbons (Fsp3) is 0.588. The first-order chi connectivity index (χ1) is 9.70. The number of ether oxygens (including phenoxy) is 1. The van der Waals surface area contributed by atoms with Gasteiger partial charge < -0.3 is 10.1 Å². The van der Waals surface area contributed by atoms with E-state index < -0.39 is 0 Å². The maximum Gasteiger partial charge on any atom is 0.144 e. The third-order valence-corrected chi connectivity index (χ3v) is 4.29. The second kappa shape index (κ2) is 6.89. The molecule has 1 aromatic rings. The number of rotatable bonds is 6. The van der Waals surface area contributed by atoms with E-state index >= 15 is 0 Å². The maximum absolute atomic E-state index is 12.8. The van der Waals surface area contributed by atoms with Gasteiger partial charge in [-0.15, -0.1) is 0 Å². The molecular formula is C17H25NO2. The van der Waals surface area contributed by atoms with Gasteiger partial charge in [-0.1, -0.05) is 25.5 Å². The van der Waals surface area contributed by atoms with Gasteiger partial charge in [0.1, 0.15) is 11.5 Å². The Labute approximate surface area is 121 Å². The first kappa shape index (κ1) is 15.0. The zero-order chi connectivity index (χ0) is 14.4. The SMILES string of the molecule is CCCC1(C(=O)Cc2cccc(OC)c2)CCCNC1. The van der Waals surface area contributed by atoms with E-state index in [-0.39, 0.29) is 5.41 Å². The van der Waals surface area contributed by atoms with Crippen LogP contribution in [0.3, 0.4) is 0 Å². The van der Waals surface area contributed by atoms with Gasteiger partial charge in [-0.2, -0.15) is 0 Å². The molecule has 1 heterocycles. The molecular weight excluding hydrogens is 250 g/mol. The molecule has 1 aromatic carbocycles. The Hall–Kier alpha value is -1.35. The highest BCUT2D eigenvalue weighted by atomic mass is 16.5. The van der Waals surface area contributed by atoms with Crippen molar-refractivity contribution in [3.63, 3.8) is 0 Å². The molecule has 20 heavy (non-hydrogen) atoms. The van der Waals surface area contributed by atoms with Gasteiger partial charge in [0.15, 0.2) is 0 Å². The zero-order valence-corrected chi connectivity index (χ0v) is 12.6. The Morgan fingerprint density at radius 2 is 2.30 bits per heavy atom. The van der Waals surface area contributed by atoms with Crippen LogP contribution in [0.25, 0.3) is 0 Å². The van der Waals surface area contributed by atoms with E-state index in [4.69, 9.17) is 4.74 Å². The summed E-state index contributed by atoms with van der Waals surface area (Å²) in [6.45, 7) is 4.04. The Morgan fingerprint density at radius 3 is 2.95 bits per heavy atom. The van der Waals surface area contributed by atoms with E-state index in [1.807, 2.05) is 24.3 Å². The lowest BCUT2D eigenvalue weighted by molar-refractivity contribution is -0.129. The van der Waals surface area contributed by atoms with Crippen molar-refractivity contribution in [2.45, 2.75) is 39.0 Å². The highest BCUT2D eigenvalue weighted by molar-refractivity contribution is 5.87. The van der Waals surface area contributed by atoms with Crippen molar-refractivity contribution < 1.29 is 9.53 Å². The fourth-order valence-electron chi connectivity index (χ4n) is 3.19. The molecule has 3 nitrogen and oxygen atoms in total. The van der Waals surface area contributed by atoms with E-state index in [9.17, 15) is 4.79 Å². The lowest BCUT2D eigenvalue weighted by Gasteiger charge is -2.36. The fourth-order valence-corrected chi connectivity index (χ4v) is 3.19. The Kier molecular flexibility index (Phi) is 5.18. The predicted octanol–water partition coefficient (Wildman–Crippen LogP) is 2.98. The van der Waals surface area contributed by atoms with Gasteiger partial charge in [-0.05, 0) is 43.5 Å². The highest BCUT2D eigenvalue weighted by Gasteiger charge is 2.37. The molecule has 0 aliphatic carbocycles. The topological polar surface area (TPSA) is 38.3 Å². The van der Waals surface area contributed by atoms with E-state index in [1.165, 1.54) is 0 Å². The summed E-state index contributed by atoms with van der Waals surface area (Å²) >= 11 is 0. The van der Waals surface area contributed by atoms with Gasteiger partial charge in [0, 0.05) is 18.4 Å². The summed E-state index contributed by atoms with van der Waals surface area (Å²) in [5.41, 5.74) is 0.895. The summed E-state index contributed by atoms with van der Waals surface area (Å²) in [5, 5.41) is 3.40. The lowest BCUT2D eigenvalue weighted by atomic mass is 9.72. The summed E-state index contributed by atoms with van der Waals surface area (Å²) in [5.74, 6) is 1.20. The molecule has 0 amide bonds. The average molecular weight is 275 g/mol. The molecule has 1 unspecified atom stereocenters. The molecule has 2 rings (SSSR count). The van der Waals surface area contributed by atoms with E-state index in [0.717, 1.165) is 50.1 Å². The smallest absolute Gasteiger partial charge is 0.144 e. The maximum atomic E-state index is 12.8. The molecule has 1 fully saturated rings. The van der Waals surface area contributed by atoms with E-state index in [2.05, 4.69) is 12.2 Å². The number of carbonyl (C=O) groups excluding carboxylic acids is 1. The number of hydrogen-bond donors (Lipinski definition) is 1. The van der Waals surface area contributed by atoms with E-state index in [0.29, 0.717) is 12.2 Å². The normalized spacial score (nSPS) is 22.5. The number of hydrogen-bond acceptors (Lipinski definition) is 3. The predicted molar refractivity (Wildman–Crippen MR) is 81.1 cm³/mol. The number of carbonyl (C=O) groups is 1. The van der Waals surface area contributed by atoms with Gasteiger partial charge in [0.05, 0.1) is 7.11 Å². The number of Topliss-reactive ketones (excluding diaryl/α,β-unsaturated/α-hetero) is 1. The van der Waals surface area contributed by atoms with Crippen LogP contribution in [0.15, 0.2) is 24.3 Å². The second-order valence-electron chi connectivity index (χ2n) is 5.76. The highest BCUT2D eigenvalue weighted by Crippen LogP contribution is 2.34. The van der Waals surface area contributed by atoms with Crippen LogP contribution in [0, 0.1) is 5.41 Å².